The average Bonchev–Trinajstić information content (AvgIpc) is 3.24. The van der Waals surface area contributed by atoms with E-state index in [1.807, 2.05) is 12.3 Å². The standard InChI is InChI=1S/C17H15I2N5O/c18-11-3-4-13(19)12(8-11)15-2-1-6-23(15)16-5-7-24-17(22-16)14(9-21-24)20-10-25/h3-5,7-10,15H,1-2,6H2,(H,20,25)/t15-/m1/s1. The Morgan fingerprint density at radius 3 is 3.00 bits per heavy atom. The molecule has 1 saturated heterocycles. The van der Waals surface area contributed by atoms with Crippen LogP contribution in [0.15, 0.2) is 36.7 Å². The van der Waals surface area contributed by atoms with E-state index in [4.69, 9.17) is 4.98 Å². The predicted molar refractivity (Wildman–Crippen MR) is 114 cm³/mol. The molecule has 6 nitrogen and oxygen atoms in total. The van der Waals surface area contributed by atoms with Crippen LogP contribution in [0.1, 0.15) is 24.4 Å². The molecule has 128 valence electrons. The zero-order valence-corrected chi connectivity index (χ0v) is 17.5. The van der Waals surface area contributed by atoms with Crippen LogP contribution in [-0.2, 0) is 4.79 Å². The maximum atomic E-state index is 10.8. The fourth-order valence-corrected chi connectivity index (χ4v) is 4.53. The molecule has 0 radical (unpaired) electrons. The van der Waals surface area contributed by atoms with E-state index in [9.17, 15) is 4.79 Å². The van der Waals surface area contributed by atoms with Crippen LogP contribution in [0.2, 0.25) is 0 Å². The lowest BCUT2D eigenvalue weighted by Crippen LogP contribution is -2.24. The second-order valence-electron chi connectivity index (χ2n) is 5.89. The zero-order chi connectivity index (χ0) is 17.4. The van der Waals surface area contributed by atoms with Gasteiger partial charge >= 0.3 is 0 Å². The maximum Gasteiger partial charge on any atom is 0.211 e. The lowest BCUT2D eigenvalue weighted by atomic mass is 10.0. The van der Waals surface area contributed by atoms with Gasteiger partial charge in [-0.1, -0.05) is 0 Å². The highest BCUT2D eigenvalue weighted by Gasteiger charge is 2.29. The molecule has 1 aromatic carbocycles. The summed E-state index contributed by atoms with van der Waals surface area (Å²) >= 11 is 4.78. The number of benzene rings is 1. The van der Waals surface area contributed by atoms with Crippen LogP contribution in [-0.4, -0.2) is 27.6 Å². The van der Waals surface area contributed by atoms with Crippen molar-refractivity contribution < 1.29 is 4.79 Å². The average molecular weight is 559 g/mol. The van der Waals surface area contributed by atoms with Crippen molar-refractivity contribution in [3.8, 4) is 0 Å². The summed E-state index contributed by atoms with van der Waals surface area (Å²) in [5, 5.41) is 6.88. The molecule has 1 N–H and O–H groups in total. The number of halogens is 2. The monoisotopic (exact) mass is 559 g/mol. The summed E-state index contributed by atoms with van der Waals surface area (Å²) in [5.74, 6) is 0.916. The van der Waals surface area contributed by atoms with Crippen molar-refractivity contribution >= 4 is 68.7 Å². The molecule has 2 aromatic heterocycles. The fourth-order valence-electron chi connectivity index (χ4n) is 3.32. The van der Waals surface area contributed by atoms with Crippen molar-refractivity contribution in [2.75, 3.05) is 16.8 Å². The van der Waals surface area contributed by atoms with Gasteiger partial charge < -0.3 is 10.2 Å². The van der Waals surface area contributed by atoms with E-state index in [2.05, 4.69) is 78.7 Å². The number of carbonyl (C=O) groups is 1. The molecule has 0 spiro atoms. The first-order chi connectivity index (χ1) is 12.2. The van der Waals surface area contributed by atoms with Crippen molar-refractivity contribution in [3.63, 3.8) is 0 Å². The number of fused-ring (bicyclic) bond motifs is 1. The van der Waals surface area contributed by atoms with E-state index in [-0.39, 0.29) is 0 Å². The molecule has 3 aromatic rings. The summed E-state index contributed by atoms with van der Waals surface area (Å²) in [5.41, 5.74) is 2.63. The van der Waals surface area contributed by atoms with Gasteiger partial charge in [0.2, 0.25) is 6.41 Å². The van der Waals surface area contributed by atoms with Crippen LogP contribution in [0.25, 0.3) is 5.65 Å². The molecule has 1 aliphatic heterocycles. The second kappa shape index (κ2) is 7.06. The predicted octanol–water partition coefficient (Wildman–Crippen LogP) is 3.85. The Morgan fingerprint density at radius 2 is 2.16 bits per heavy atom. The Kier molecular flexibility index (Phi) is 4.80. The zero-order valence-electron chi connectivity index (χ0n) is 13.2. The van der Waals surface area contributed by atoms with Gasteiger partial charge in [-0.3, -0.25) is 4.79 Å². The highest BCUT2D eigenvalue weighted by Crippen LogP contribution is 2.38. The summed E-state index contributed by atoms with van der Waals surface area (Å²) < 4.78 is 4.20. The summed E-state index contributed by atoms with van der Waals surface area (Å²) in [6.07, 6.45) is 6.41. The Labute approximate surface area is 172 Å². The van der Waals surface area contributed by atoms with E-state index in [1.54, 1.807) is 10.7 Å². The number of aromatic nitrogens is 3. The first-order valence-corrected chi connectivity index (χ1v) is 10.1. The minimum absolute atomic E-state index is 0.321. The first-order valence-electron chi connectivity index (χ1n) is 7.93. The van der Waals surface area contributed by atoms with Gasteiger partial charge in [0.15, 0.2) is 5.65 Å². The van der Waals surface area contributed by atoms with Gasteiger partial charge in [-0.05, 0) is 87.9 Å². The quantitative estimate of drug-likeness (QED) is 0.390. The van der Waals surface area contributed by atoms with Gasteiger partial charge in [-0.15, -0.1) is 0 Å². The van der Waals surface area contributed by atoms with Gasteiger partial charge in [-0.25, -0.2) is 9.50 Å². The van der Waals surface area contributed by atoms with Gasteiger partial charge in [0.05, 0.1) is 12.2 Å². The van der Waals surface area contributed by atoms with Gasteiger partial charge in [0, 0.05) is 19.9 Å². The number of rotatable bonds is 4. The molecule has 0 saturated carbocycles. The number of anilines is 2. The molecule has 8 heteroatoms. The lowest BCUT2D eigenvalue weighted by molar-refractivity contribution is -0.105. The highest BCUT2D eigenvalue weighted by molar-refractivity contribution is 14.1. The van der Waals surface area contributed by atoms with E-state index in [0.717, 1.165) is 25.2 Å². The van der Waals surface area contributed by atoms with Crippen LogP contribution in [0.4, 0.5) is 11.5 Å². The smallest absolute Gasteiger partial charge is 0.211 e. The Hall–Kier alpha value is -1.43. The second-order valence-corrected chi connectivity index (χ2v) is 8.30. The SMILES string of the molecule is O=CNc1cnn2ccc(N3CCC[C@@H]3c3cc(I)ccc3I)nc12. The third-order valence-electron chi connectivity index (χ3n) is 4.43. The molecule has 4 rings (SSSR count). The molecule has 1 aliphatic rings. The topological polar surface area (TPSA) is 62.5 Å². The molecule has 1 atom stereocenters. The summed E-state index contributed by atoms with van der Waals surface area (Å²) in [7, 11) is 0. The molecule has 0 bridgehead atoms. The van der Waals surface area contributed by atoms with Crippen molar-refractivity contribution in [2.24, 2.45) is 0 Å². The van der Waals surface area contributed by atoms with Crippen LogP contribution < -0.4 is 10.2 Å². The molecular weight excluding hydrogens is 544 g/mol. The molecule has 1 fully saturated rings. The number of amides is 1. The number of carbonyl (C=O) groups excluding carboxylic acids is 1. The third kappa shape index (κ3) is 3.21. The summed E-state index contributed by atoms with van der Waals surface area (Å²) in [6.45, 7) is 0.972. The van der Waals surface area contributed by atoms with Crippen molar-refractivity contribution in [3.05, 3.63) is 49.4 Å². The minimum atomic E-state index is 0.321. The fraction of sp³-hybridized carbons (Fsp3) is 0.235. The molecule has 25 heavy (non-hydrogen) atoms. The molecule has 3 heterocycles. The minimum Gasteiger partial charge on any atom is -0.349 e. The number of nitrogens with zero attached hydrogens (tertiary/aromatic N) is 4. The normalized spacial score (nSPS) is 17.2. The van der Waals surface area contributed by atoms with E-state index in [0.29, 0.717) is 23.8 Å². The molecular formula is C17H15I2N5O. The Morgan fingerprint density at radius 1 is 1.28 bits per heavy atom. The number of hydrogen-bond donors (Lipinski definition) is 1. The largest absolute Gasteiger partial charge is 0.349 e. The van der Waals surface area contributed by atoms with Crippen molar-refractivity contribution in [1.82, 2.24) is 14.6 Å². The molecule has 1 amide bonds. The van der Waals surface area contributed by atoms with Crippen LogP contribution in [0.3, 0.4) is 0 Å². The number of nitrogens with one attached hydrogen (secondary N) is 1. The van der Waals surface area contributed by atoms with Crippen molar-refractivity contribution in [2.45, 2.75) is 18.9 Å². The lowest BCUT2D eigenvalue weighted by Gasteiger charge is -2.27. The summed E-state index contributed by atoms with van der Waals surface area (Å²) in [4.78, 5) is 17.9. The van der Waals surface area contributed by atoms with E-state index >= 15 is 0 Å². The Balaban J connectivity index is 1.75. The van der Waals surface area contributed by atoms with Crippen LogP contribution in [0.5, 0.6) is 0 Å². The van der Waals surface area contributed by atoms with Gasteiger partial charge in [-0.2, -0.15) is 5.10 Å². The van der Waals surface area contributed by atoms with Crippen LogP contribution in [0, 0.1) is 7.14 Å². The number of hydrogen-bond acceptors (Lipinski definition) is 4. The van der Waals surface area contributed by atoms with E-state index < -0.39 is 0 Å². The first kappa shape index (κ1) is 17.0. The molecule has 0 aliphatic carbocycles. The van der Waals surface area contributed by atoms with Crippen LogP contribution >= 0.6 is 45.2 Å². The molecule has 0 unspecified atom stereocenters. The van der Waals surface area contributed by atoms with Crippen molar-refractivity contribution in [1.29, 1.82) is 0 Å². The van der Waals surface area contributed by atoms with Gasteiger partial charge in [0.1, 0.15) is 11.5 Å². The third-order valence-corrected chi connectivity index (χ3v) is 6.09. The Bertz CT molecular complexity index is 942. The summed E-state index contributed by atoms with van der Waals surface area (Å²) in [6, 6.07) is 8.89. The maximum absolute atomic E-state index is 10.8. The van der Waals surface area contributed by atoms with E-state index in [1.165, 1.54) is 12.7 Å². The van der Waals surface area contributed by atoms with Gasteiger partial charge in [0.25, 0.3) is 0 Å². The highest BCUT2D eigenvalue weighted by atomic mass is 127.